The smallest absolute Gasteiger partial charge is 0.287 e. The summed E-state index contributed by atoms with van der Waals surface area (Å²) in [5.41, 5.74) is 2.90. The number of fused-ring (bicyclic) bond motifs is 1. The first-order chi connectivity index (χ1) is 14.0. The fourth-order valence-electron chi connectivity index (χ4n) is 3.44. The number of rotatable bonds is 5. The Morgan fingerprint density at radius 1 is 0.931 bits per heavy atom. The maximum absolute atomic E-state index is 12.4. The molecule has 1 aliphatic heterocycles. The van der Waals surface area contributed by atoms with E-state index in [1.807, 2.05) is 36.4 Å². The van der Waals surface area contributed by atoms with Crippen molar-refractivity contribution in [2.24, 2.45) is 4.40 Å². The third-order valence-electron chi connectivity index (χ3n) is 4.82. The van der Waals surface area contributed by atoms with E-state index >= 15 is 0 Å². The van der Waals surface area contributed by atoms with E-state index in [1.54, 1.807) is 12.1 Å². The van der Waals surface area contributed by atoms with Gasteiger partial charge in [-0.15, -0.1) is 4.40 Å². The van der Waals surface area contributed by atoms with Crippen molar-refractivity contribution >= 4 is 33.3 Å². The standard InChI is InChI=1S/C22H20ClN3O2S/c23-18-11-12-20-21(15-18)29(27,28)26-22(25-20)24-14-13-19(16-7-3-1-4-8-16)17-9-5-2-6-10-17/h1-12,15,19H,13-14H2,(H2,24,25,26). The zero-order valence-electron chi connectivity index (χ0n) is 15.5. The first-order valence-electron chi connectivity index (χ1n) is 9.28. The molecule has 0 saturated heterocycles. The van der Waals surface area contributed by atoms with Gasteiger partial charge < -0.3 is 10.6 Å². The zero-order chi connectivity index (χ0) is 20.3. The van der Waals surface area contributed by atoms with Crippen LogP contribution in [0, 0.1) is 0 Å². The molecule has 3 aromatic carbocycles. The van der Waals surface area contributed by atoms with Crippen LogP contribution in [-0.2, 0) is 10.0 Å². The molecule has 1 aliphatic rings. The molecule has 0 radical (unpaired) electrons. The maximum Gasteiger partial charge on any atom is 0.287 e. The zero-order valence-corrected chi connectivity index (χ0v) is 17.1. The van der Waals surface area contributed by atoms with Crippen molar-refractivity contribution in [1.29, 1.82) is 0 Å². The van der Waals surface area contributed by atoms with Crippen molar-refractivity contribution in [3.63, 3.8) is 0 Å². The van der Waals surface area contributed by atoms with Crippen molar-refractivity contribution in [2.75, 3.05) is 11.9 Å². The van der Waals surface area contributed by atoms with Gasteiger partial charge in [-0.3, -0.25) is 0 Å². The number of guanidine groups is 1. The number of hydrogen-bond donors (Lipinski definition) is 2. The fraction of sp³-hybridized carbons (Fsp3) is 0.136. The van der Waals surface area contributed by atoms with Crippen LogP contribution < -0.4 is 10.6 Å². The highest BCUT2D eigenvalue weighted by molar-refractivity contribution is 7.90. The molecule has 5 nitrogen and oxygen atoms in total. The quantitative estimate of drug-likeness (QED) is 0.625. The third kappa shape index (κ3) is 4.44. The van der Waals surface area contributed by atoms with Gasteiger partial charge in [0, 0.05) is 17.5 Å². The summed E-state index contributed by atoms with van der Waals surface area (Å²) < 4.78 is 28.7. The largest absolute Gasteiger partial charge is 0.355 e. The van der Waals surface area contributed by atoms with E-state index in [0.717, 1.165) is 6.42 Å². The van der Waals surface area contributed by atoms with E-state index < -0.39 is 10.0 Å². The minimum Gasteiger partial charge on any atom is -0.355 e. The maximum atomic E-state index is 12.4. The Morgan fingerprint density at radius 2 is 1.55 bits per heavy atom. The molecule has 1 heterocycles. The molecular weight excluding hydrogens is 406 g/mol. The second-order valence-corrected chi connectivity index (χ2v) is 8.78. The lowest BCUT2D eigenvalue weighted by Gasteiger charge is -2.21. The molecule has 7 heteroatoms. The number of nitrogens with one attached hydrogen (secondary N) is 2. The lowest BCUT2D eigenvalue weighted by Crippen LogP contribution is -2.35. The molecule has 0 atom stereocenters. The minimum absolute atomic E-state index is 0.0852. The molecule has 29 heavy (non-hydrogen) atoms. The average molecular weight is 426 g/mol. The molecule has 0 amide bonds. The van der Waals surface area contributed by atoms with Crippen LogP contribution in [0.2, 0.25) is 5.02 Å². The van der Waals surface area contributed by atoms with Crippen LogP contribution in [0.4, 0.5) is 5.69 Å². The Morgan fingerprint density at radius 3 is 2.17 bits per heavy atom. The number of halogens is 1. The molecule has 0 unspecified atom stereocenters. The molecule has 0 fully saturated rings. The van der Waals surface area contributed by atoms with Gasteiger partial charge in [0.1, 0.15) is 4.90 Å². The molecule has 3 aromatic rings. The van der Waals surface area contributed by atoms with Crippen LogP contribution in [-0.4, -0.2) is 20.9 Å². The molecular formula is C22H20ClN3O2S. The molecule has 4 rings (SSSR count). The van der Waals surface area contributed by atoms with Crippen molar-refractivity contribution in [3.8, 4) is 0 Å². The summed E-state index contributed by atoms with van der Waals surface area (Å²) in [6.07, 6.45) is 0.780. The monoisotopic (exact) mass is 425 g/mol. The predicted octanol–water partition coefficient (Wildman–Crippen LogP) is 4.62. The Labute approximate surface area is 175 Å². The van der Waals surface area contributed by atoms with Crippen molar-refractivity contribution in [2.45, 2.75) is 17.2 Å². The van der Waals surface area contributed by atoms with Gasteiger partial charge in [0.25, 0.3) is 10.0 Å². The van der Waals surface area contributed by atoms with Gasteiger partial charge in [-0.1, -0.05) is 72.3 Å². The van der Waals surface area contributed by atoms with E-state index in [0.29, 0.717) is 17.3 Å². The summed E-state index contributed by atoms with van der Waals surface area (Å²) in [4.78, 5) is 0.0852. The Balaban J connectivity index is 1.50. The second kappa shape index (κ2) is 8.27. The number of benzene rings is 3. The van der Waals surface area contributed by atoms with Crippen molar-refractivity contribution in [3.05, 3.63) is 95.0 Å². The van der Waals surface area contributed by atoms with Gasteiger partial charge in [0.2, 0.25) is 5.96 Å². The van der Waals surface area contributed by atoms with Gasteiger partial charge >= 0.3 is 0 Å². The number of anilines is 1. The van der Waals surface area contributed by atoms with Crippen LogP contribution in [0.25, 0.3) is 0 Å². The van der Waals surface area contributed by atoms with Gasteiger partial charge in [-0.05, 0) is 35.7 Å². The average Bonchev–Trinajstić information content (AvgIpc) is 2.73. The molecule has 2 N–H and O–H groups in total. The minimum atomic E-state index is -3.79. The second-order valence-electron chi connectivity index (χ2n) is 6.77. The highest BCUT2D eigenvalue weighted by Crippen LogP contribution is 2.30. The highest BCUT2D eigenvalue weighted by Gasteiger charge is 2.25. The normalized spacial score (nSPS) is 14.6. The fourth-order valence-corrected chi connectivity index (χ4v) is 4.80. The molecule has 148 valence electrons. The van der Waals surface area contributed by atoms with E-state index in [2.05, 4.69) is 39.3 Å². The molecule has 0 bridgehead atoms. The van der Waals surface area contributed by atoms with E-state index in [4.69, 9.17) is 11.6 Å². The van der Waals surface area contributed by atoms with Crippen LogP contribution in [0.3, 0.4) is 0 Å². The molecule has 0 spiro atoms. The predicted molar refractivity (Wildman–Crippen MR) is 117 cm³/mol. The highest BCUT2D eigenvalue weighted by atomic mass is 35.5. The third-order valence-corrected chi connectivity index (χ3v) is 6.37. The topological polar surface area (TPSA) is 70.6 Å². The van der Waals surface area contributed by atoms with Crippen LogP contribution >= 0.6 is 11.6 Å². The summed E-state index contributed by atoms with van der Waals surface area (Å²) in [5.74, 6) is 0.413. The van der Waals surface area contributed by atoms with Crippen LogP contribution in [0.1, 0.15) is 23.5 Å². The summed E-state index contributed by atoms with van der Waals surface area (Å²) in [7, 11) is -3.79. The molecule has 0 saturated carbocycles. The summed E-state index contributed by atoms with van der Waals surface area (Å²) in [6.45, 7) is 0.554. The van der Waals surface area contributed by atoms with E-state index in [1.165, 1.54) is 17.2 Å². The van der Waals surface area contributed by atoms with E-state index in [-0.39, 0.29) is 16.8 Å². The number of sulfonamides is 1. The first-order valence-corrected chi connectivity index (χ1v) is 11.1. The van der Waals surface area contributed by atoms with Crippen molar-refractivity contribution < 1.29 is 8.42 Å². The summed E-state index contributed by atoms with van der Waals surface area (Å²) in [5, 5.41) is 6.52. The SMILES string of the molecule is O=S1(=O)N=C(NCCC(c2ccccc2)c2ccccc2)Nc2ccc(Cl)cc21. The molecule has 0 aliphatic carbocycles. The van der Waals surface area contributed by atoms with Gasteiger partial charge in [-0.25, -0.2) is 0 Å². The van der Waals surface area contributed by atoms with E-state index in [9.17, 15) is 8.42 Å². The Bertz CT molecular complexity index is 1090. The number of nitrogens with zero attached hydrogens (tertiary/aromatic N) is 1. The summed E-state index contributed by atoms with van der Waals surface area (Å²) >= 11 is 5.92. The summed E-state index contributed by atoms with van der Waals surface area (Å²) in [6, 6.07) is 25.2. The molecule has 0 aromatic heterocycles. The van der Waals surface area contributed by atoms with Crippen molar-refractivity contribution in [1.82, 2.24) is 5.32 Å². The van der Waals surface area contributed by atoms with Crippen LogP contribution in [0.15, 0.2) is 88.2 Å². The van der Waals surface area contributed by atoms with Gasteiger partial charge in [-0.2, -0.15) is 8.42 Å². The van der Waals surface area contributed by atoms with Gasteiger partial charge in [0.05, 0.1) is 5.69 Å². The Kier molecular flexibility index (Phi) is 5.56. The van der Waals surface area contributed by atoms with Gasteiger partial charge in [0.15, 0.2) is 0 Å². The lowest BCUT2D eigenvalue weighted by atomic mass is 9.88. The number of hydrogen-bond acceptors (Lipinski definition) is 4. The first kappa shape index (κ1) is 19.5. The Hall–Kier alpha value is -2.83. The lowest BCUT2D eigenvalue weighted by molar-refractivity contribution is 0.597. The van der Waals surface area contributed by atoms with Crippen LogP contribution in [0.5, 0.6) is 0 Å².